The van der Waals surface area contributed by atoms with Crippen molar-refractivity contribution in [1.82, 2.24) is 4.90 Å². The molecule has 258 valence electrons. The van der Waals surface area contributed by atoms with Crippen molar-refractivity contribution in [3.63, 3.8) is 0 Å². The maximum Gasteiger partial charge on any atom is 0.407 e. The van der Waals surface area contributed by atoms with Crippen molar-refractivity contribution < 1.29 is 40.9 Å². The van der Waals surface area contributed by atoms with Gasteiger partial charge in [0, 0.05) is 0 Å². The van der Waals surface area contributed by atoms with Gasteiger partial charge < -0.3 is 24.2 Å². The molecule has 1 N–H and O–H groups in total. The Balaban J connectivity index is 1.25. The minimum Gasteiger partial charge on any atom is -0.508 e. The van der Waals surface area contributed by atoms with Gasteiger partial charge in [0.05, 0.1) is 25.5 Å². The molecular formula is C36H41F3N2O6S. The first kappa shape index (κ1) is 34.1. The fraction of sp³-hybridized carbons (Fsp3) is 0.444. The third-order valence-corrected chi connectivity index (χ3v) is 11.5. The number of nitrogens with zero attached hydrogens (tertiary/aromatic N) is 2. The van der Waals surface area contributed by atoms with Crippen molar-refractivity contribution in [2.75, 3.05) is 44.2 Å². The first-order chi connectivity index (χ1) is 23.0. The quantitative estimate of drug-likeness (QED) is 0.196. The summed E-state index contributed by atoms with van der Waals surface area (Å²) in [5.74, 6) is 1.14. The van der Waals surface area contributed by atoms with Crippen LogP contribution in [-0.4, -0.2) is 82.0 Å². The monoisotopic (exact) mass is 686 g/mol. The fourth-order valence-electron chi connectivity index (χ4n) is 6.95. The van der Waals surface area contributed by atoms with Crippen LogP contribution in [0.25, 0.3) is 11.1 Å². The molecule has 2 saturated heterocycles. The second-order valence-electron chi connectivity index (χ2n) is 12.5. The number of methoxy groups -OCH3 is 1. The zero-order valence-electron chi connectivity index (χ0n) is 26.9. The summed E-state index contributed by atoms with van der Waals surface area (Å²) in [6.07, 6.45) is -0.669. The number of halogens is 3. The van der Waals surface area contributed by atoms with Crippen LogP contribution in [0, 0.1) is 0 Å². The summed E-state index contributed by atoms with van der Waals surface area (Å²) in [4.78, 5) is 2.50. The highest BCUT2D eigenvalue weighted by Crippen LogP contribution is 2.51. The average Bonchev–Trinajstić information content (AvgIpc) is 3.68. The number of rotatable bonds is 13. The number of phenolic OH excluding ortho intramolecular Hbond substituents is 1. The van der Waals surface area contributed by atoms with Crippen LogP contribution in [-0.2, 0) is 14.8 Å². The summed E-state index contributed by atoms with van der Waals surface area (Å²) < 4.78 is 87.8. The van der Waals surface area contributed by atoms with Crippen LogP contribution < -0.4 is 13.8 Å². The Hall–Kier alpha value is -3.74. The van der Waals surface area contributed by atoms with Crippen LogP contribution in [0.3, 0.4) is 0 Å². The van der Waals surface area contributed by atoms with E-state index in [9.17, 15) is 26.7 Å². The molecule has 3 aliphatic rings. The number of alkyl halides is 3. The van der Waals surface area contributed by atoms with Crippen LogP contribution in [0.2, 0.25) is 0 Å². The first-order valence-corrected chi connectivity index (χ1v) is 17.9. The number of aromatic hydroxyl groups is 1. The van der Waals surface area contributed by atoms with Crippen molar-refractivity contribution in [3.8, 4) is 17.2 Å². The number of fused-ring (bicyclic) bond motifs is 2. The molecule has 0 amide bonds. The molecule has 3 heterocycles. The third kappa shape index (κ3) is 7.61. The van der Waals surface area contributed by atoms with Gasteiger partial charge in [-0.3, -0.25) is 4.31 Å². The molecule has 2 bridgehead atoms. The number of sulfonamides is 1. The topological polar surface area (TPSA) is 88.5 Å². The van der Waals surface area contributed by atoms with Gasteiger partial charge in [0.2, 0.25) is 10.0 Å². The number of hydrogen-bond donors (Lipinski definition) is 1. The molecule has 0 unspecified atom stereocenters. The van der Waals surface area contributed by atoms with Crippen LogP contribution in [0.4, 0.5) is 18.9 Å². The van der Waals surface area contributed by atoms with Gasteiger partial charge in [-0.1, -0.05) is 30.7 Å². The van der Waals surface area contributed by atoms with Crippen LogP contribution in [0.15, 0.2) is 72.8 Å². The van der Waals surface area contributed by atoms with Crippen molar-refractivity contribution in [2.45, 2.75) is 62.2 Å². The summed E-state index contributed by atoms with van der Waals surface area (Å²) in [6.45, 7) is 2.30. The normalized spacial score (nSPS) is 21.5. The number of likely N-dealkylation sites (tertiary alicyclic amines) is 1. The number of unbranched alkanes of at least 4 members (excludes halogenated alkanes) is 1. The van der Waals surface area contributed by atoms with E-state index in [1.807, 2.05) is 24.3 Å². The second-order valence-corrected chi connectivity index (χ2v) is 14.6. The Morgan fingerprint density at radius 2 is 1.50 bits per heavy atom. The standard InChI is InChI=1S/C36H41F3N2O6S/c1-45-29-17-11-27(12-18-29)41(24-36(37,38)39)48(43,44)32-23-31-33(25-7-13-28(42)14-8-25)34(35(32)47-31)26-9-15-30(16-10-26)46-22-6-5-21-40-19-3-2-4-20-40/h7-18,31-32,35,42H,2-6,19-24H2,1H3/t31-,32+,35+/m1/s1. The van der Waals surface area contributed by atoms with E-state index in [0.29, 0.717) is 33.5 Å². The lowest BCUT2D eigenvalue weighted by atomic mass is 9.83. The minimum absolute atomic E-state index is 0.0180. The maximum absolute atomic E-state index is 14.2. The largest absolute Gasteiger partial charge is 0.508 e. The lowest BCUT2D eigenvalue weighted by Crippen LogP contribution is -2.47. The molecule has 3 atom stereocenters. The molecule has 0 saturated carbocycles. The molecule has 8 nitrogen and oxygen atoms in total. The lowest BCUT2D eigenvalue weighted by Gasteiger charge is -2.32. The summed E-state index contributed by atoms with van der Waals surface area (Å²) in [5, 5.41) is 8.65. The Bertz CT molecular complexity index is 1670. The summed E-state index contributed by atoms with van der Waals surface area (Å²) in [6, 6.07) is 19.3. The molecule has 2 fully saturated rings. The van der Waals surface area contributed by atoms with E-state index in [2.05, 4.69) is 4.90 Å². The molecule has 3 aromatic rings. The van der Waals surface area contributed by atoms with E-state index in [1.165, 1.54) is 75.9 Å². The van der Waals surface area contributed by atoms with E-state index < -0.39 is 40.2 Å². The van der Waals surface area contributed by atoms with Gasteiger partial charge >= 0.3 is 6.18 Å². The highest BCUT2D eigenvalue weighted by Gasteiger charge is 2.55. The number of ether oxygens (including phenoxy) is 3. The number of phenols is 1. The maximum atomic E-state index is 14.2. The summed E-state index contributed by atoms with van der Waals surface area (Å²) in [7, 11) is -3.16. The zero-order chi connectivity index (χ0) is 33.9. The number of piperidine rings is 1. The van der Waals surface area contributed by atoms with Gasteiger partial charge in [0.15, 0.2) is 0 Å². The van der Waals surface area contributed by atoms with E-state index in [1.54, 1.807) is 12.1 Å². The predicted molar refractivity (Wildman–Crippen MR) is 179 cm³/mol. The highest BCUT2D eigenvalue weighted by molar-refractivity contribution is 7.93. The summed E-state index contributed by atoms with van der Waals surface area (Å²) >= 11 is 0. The Kier molecular flexibility index (Phi) is 10.2. The predicted octanol–water partition coefficient (Wildman–Crippen LogP) is 6.89. The molecule has 0 aliphatic carbocycles. The second kappa shape index (κ2) is 14.4. The Labute approximate surface area is 279 Å². The molecular weight excluding hydrogens is 645 g/mol. The molecule has 3 aromatic carbocycles. The highest BCUT2D eigenvalue weighted by atomic mass is 32.2. The molecule has 0 spiro atoms. The van der Waals surface area contributed by atoms with Crippen LogP contribution in [0.5, 0.6) is 17.2 Å². The number of anilines is 1. The van der Waals surface area contributed by atoms with Gasteiger partial charge in [-0.05, 0) is 123 Å². The lowest BCUT2D eigenvalue weighted by molar-refractivity contribution is -0.117. The molecule has 6 rings (SSSR count). The SMILES string of the molecule is COc1ccc(N(CC(F)(F)F)S(=O)(=O)[C@H]2C[C@H]3O[C@@H]2C(c2ccc(OCCCCN4CCCCC4)cc2)=C3c2ccc(O)cc2)cc1. The van der Waals surface area contributed by atoms with Gasteiger partial charge in [-0.15, -0.1) is 0 Å². The van der Waals surface area contributed by atoms with E-state index in [-0.39, 0.29) is 17.9 Å². The van der Waals surface area contributed by atoms with Gasteiger partial charge in [0.25, 0.3) is 0 Å². The number of hydrogen-bond acceptors (Lipinski definition) is 7. The van der Waals surface area contributed by atoms with Crippen LogP contribution >= 0.6 is 0 Å². The molecule has 3 aliphatic heterocycles. The van der Waals surface area contributed by atoms with E-state index >= 15 is 0 Å². The van der Waals surface area contributed by atoms with E-state index in [0.717, 1.165) is 30.5 Å². The summed E-state index contributed by atoms with van der Waals surface area (Å²) in [5.41, 5.74) is 2.67. The van der Waals surface area contributed by atoms with Gasteiger partial charge in [-0.25, -0.2) is 8.42 Å². The smallest absolute Gasteiger partial charge is 0.407 e. The minimum atomic E-state index is -4.79. The molecule has 12 heteroatoms. The van der Waals surface area contributed by atoms with Crippen molar-refractivity contribution >= 4 is 26.9 Å². The third-order valence-electron chi connectivity index (χ3n) is 9.29. The molecule has 0 radical (unpaired) electrons. The Morgan fingerprint density at radius 1 is 0.875 bits per heavy atom. The van der Waals surface area contributed by atoms with Crippen molar-refractivity contribution in [2.24, 2.45) is 0 Å². The van der Waals surface area contributed by atoms with Gasteiger partial charge in [-0.2, -0.15) is 13.2 Å². The van der Waals surface area contributed by atoms with E-state index in [4.69, 9.17) is 14.2 Å². The van der Waals surface area contributed by atoms with Crippen molar-refractivity contribution in [1.29, 1.82) is 0 Å². The van der Waals surface area contributed by atoms with Crippen molar-refractivity contribution in [3.05, 3.63) is 83.9 Å². The molecule has 0 aromatic heterocycles. The first-order valence-electron chi connectivity index (χ1n) is 16.4. The Morgan fingerprint density at radius 3 is 2.15 bits per heavy atom. The number of benzene rings is 3. The average molecular weight is 687 g/mol. The van der Waals surface area contributed by atoms with Gasteiger partial charge in [0.1, 0.15) is 35.1 Å². The fourth-order valence-corrected chi connectivity index (χ4v) is 8.94. The molecule has 48 heavy (non-hydrogen) atoms. The van der Waals surface area contributed by atoms with Crippen LogP contribution in [0.1, 0.15) is 49.7 Å². The zero-order valence-corrected chi connectivity index (χ0v) is 27.7.